The summed E-state index contributed by atoms with van der Waals surface area (Å²) in [4.78, 5) is 2.58. The van der Waals surface area contributed by atoms with Crippen molar-refractivity contribution in [2.45, 2.75) is 56.0 Å². The predicted molar refractivity (Wildman–Crippen MR) is 121 cm³/mol. The van der Waals surface area contributed by atoms with E-state index < -0.39 is 0 Å². The Hall–Kier alpha value is -1.44. The largest absolute Gasteiger partial charge is 0.381 e. The highest BCUT2D eigenvalue weighted by Crippen LogP contribution is 2.64. The number of thioether (sulfide) groups is 1. The van der Waals surface area contributed by atoms with Crippen LogP contribution in [-0.4, -0.2) is 58.3 Å². The predicted octanol–water partition coefficient (Wildman–Crippen LogP) is 4.52. The zero-order valence-corrected chi connectivity index (χ0v) is 19.5. The molecular weight excluding hydrogens is 411 g/mol. The lowest BCUT2D eigenvalue weighted by molar-refractivity contribution is 0.0828. The molecule has 168 valence electrons. The fraction of sp³-hybridized carbons (Fsp3) is 0.667. The number of ether oxygens (including phenoxy) is 1. The summed E-state index contributed by atoms with van der Waals surface area (Å²) in [5.74, 6) is 3.04. The zero-order valence-electron chi connectivity index (χ0n) is 18.6. The third-order valence-corrected chi connectivity index (χ3v) is 8.60. The number of benzene rings is 1. The third-order valence-electron chi connectivity index (χ3n) is 7.49. The SMILES string of the molecule is Cc1ccc([C@@H]2C[C@@]23CCN(CCCSc2nnc(C4CCOCC4)n2C)C3)c(F)c1. The minimum Gasteiger partial charge on any atom is -0.381 e. The molecule has 1 spiro atoms. The second-order valence-corrected chi connectivity index (χ2v) is 10.7. The lowest BCUT2D eigenvalue weighted by atomic mass is 9.97. The van der Waals surface area contributed by atoms with E-state index in [1.807, 2.05) is 30.8 Å². The van der Waals surface area contributed by atoms with Crippen LogP contribution in [0.2, 0.25) is 0 Å². The molecule has 1 aromatic heterocycles. The minimum atomic E-state index is -0.0134. The van der Waals surface area contributed by atoms with Gasteiger partial charge in [-0.3, -0.25) is 0 Å². The van der Waals surface area contributed by atoms with Gasteiger partial charge < -0.3 is 14.2 Å². The maximum atomic E-state index is 14.4. The average molecular weight is 445 g/mol. The summed E-state index contributed by atoms with van der Waals surface area (Å²) in [6.07, 6.45) is 5.58. The maximum Gasteiger partial charge on any atom is 0.190 e. The van der Waals surface area contributed by atoms with Crippen molar-refractivity contribution in [1.29, 1.82) is 0 Å². The van der Waals surface area contributed by atoms with Gasteiger partial charge in [0.25, 0.3) is 0 Å². The summed E-state index contributed by atoms with van der Waals surface area (Å²) >= 11 is 1.81. The quantitative estimate of drug-likeness (QED) is 0.464. The first kappa shape index (κ1) is 21.4. The topological polar surface area (TPSA) is 43.2 Å². The van der Waals surface area contributed by atoms with Crippen LogP contribution in [-0.2, 0) is 11.8 Å². The van der Waals surface area contributed by atoms with Crippen molar-refractivity contribution in [1.82, 2.24) is 19.7 Å². The van der Waals surface area contributed by atoms with Gasteiger partial charge in [-0.05, 0) is 80.6 Å². The number of hydrogen-bond acceptors (Lipinski definition) is 5. The number of likely N-dealkylation sites (tertiary alicyclic amines) is 1. The Balaban J connectivity index is 1.08. The molecule has 1 saturated carbocycles. The summed E-state index contributed by atoms with van der Waals surface area (Å²) < 4.78 is 22.1. The van der Waals surface area contributed by atoms with E-state index in [-0.39, 0.29) is 5.82 Å². The van der Waals surface area contributed by atoms with Gasteiger partial charge in [0, 0.05) is 38.5 Å². The van der Waals surface area contributed by atoms with Crippen LogP contribution >= 0.6 is 11.8 Å². The molecule has 1 aromatic carbocycles. The Morgan fingerprint density at radius 3 is 2.90 bits per heavy atom. The Kier molecular flexibility index (Phi) is 6.10. The van der Waals surface area contributed by atoms with Gasteiger partial charge in [0.15, 0.2) is 5.16 Å². The molecule has 2 aliphatic heterocycles. The fourth-order valence-corrected chi connectivity index (χ4v) is 6.38. The van der Waals surface area contributed by atoms with Gasteiger partial charge in [0.1, 0.15) is 11.6 Å². The number of nitrogens with zero attached hydrogens (tertiary/aromatic N) is 4. The average Bonchev–Trinajstić information content (AvgIpc) is 3.10. The van der Waals surface area contributed by atoms with Gasteiger partial charge in [0.05, 0.1) is 0 Å². The molecule has 2 atom stereocenters. The molecule has 0 amide bonds. The fourth-order valence-electron chi connectivity index (χ4n) is 5.54. The number of hydrogen-bond donors (Lipinski definition) is 0. The van der Waals surface area contributed by atoms with Crippen LogP contribution in [0.15, 0.2) is 23.4 Å². The number of rotatable bonds is 7. The Labute approximate surface area is 188 Å². The molecule has 0 bridgehead atoms. The van der Waals surface area contributed by atoms with Crippen molar-refractivity contribution >= 4 is 11.8 Å². The van der Waals surface area contributed by atoms with E-state index >= 15 is 0 Å². The Morgan fingerprint density at radius 1 is 1.26 bits per heavy atom. The molecule has 0 unspecified atom stereocenters. The first-order chi connectivity index (χ1) is 15.1. The highest BCUT2D eigenvalue weighted by atomic mass is 32.2. The van der Waals surface area contributed by atoms with Crippen LogP contribution in [0.1, 0.15) is 60.9 Å². The van der Waals surface area contributed by atoms with Gasteiger partial charge >= 0.3 is 0 Å². The Bertz CT molecular complexity index is 928. The van der Waals surface area contributed by atoms with Crippen LogP contribution in [0, 0.1) is 18.2 Å². The van der Waals surface area contributed by atoms with Crippen LogP contribution in [0.3, 0.4) is 0 Å². The van der Waals surface area contributed by atoms with E-state index in [0.29, 0.717) is 17.3 Å². The van der Waals surface area contributed by atoms with Gasteiger partial charge in [-0.15, -0.1) is 10.2 Å². The van der Waals surface area contributed by atoms with Gasteiger partial charge in [-0.2, -0.15) is 0 Å². The molecule has 5 nitrogen and oxygen atoms in total. The lowest BCUT2D eigenvalue weighted by Crippen LogP contribution is -2.23. The van der Waals surface area contributed by atoms with E-state index in [2.05, 4.69) is 26.7 Å². The minimum absolute atomic E-state index is 0.0134. The maximum absolute atomic E-state index is 14.4. The summed E-state index contributed by atoms with van der Waals surface area (Å²) in [6, 6.07) is 5.75. The monoisotopic (exact) mass is 444 g/mol. The molecule has 1 aliphatic carbocycles. The van der Waals surface area contributed by atoms with Crippen molar-refractivity contribution < 1.29 is 9.13 Å². The molecule has 31 heavy (non-hydrogen) atoms. The van der Waals surface area contributed by atoms with E-state index in [9.17, 15) is 4.39 Å². The normalized spacial score (nSPS) is 26.7. The number of aromatic nitrogens is 3. The van der Waals surface area contributed by atoms with Crippen molar-refractivity contribution in [2.24, 2.45) is 12.5 Å². The van der Waals surface area contributed by atoms with Crippen molar-refractivity contribution in [3.05, 3.63) is 41.0 Å². The van der Waals surface area contributed by atoms with E-state index in [1.165, 1.54) is 6.42 Å². The van der Waals surface area contributed by atoms with E-state index in [1.54, 1.807) is 6.07 Å². The van der Waals surface area contributed by atoms with Crippen LogP contribution in [0.4, 0.5) is 4.39 Å². The van der Waals surface area contributed by atoms with Crippen LogP contribution in [0.5, 0.6) is 0 Å². The van der Waals surface area contributed by atoms with Crippen LogP contribution < -0.4 is 0 Å². The van der Waals surface area contributed by atoms with E-state index in [4.69, 9.17) is 4.74 Å². The highest BCUT2D eigenvalue weighted by Gasteiger charge is 2.58. The summed E-state index contributed by atoms with van der Waals surface area (Å²) in [7, 11) is 2.09. The molecule has 0 N–H and O–H groups in total. The standard InChI is InChI=1S/C24H33FN4OS/c1-17-4-5-19(21(25)14-17)20-15-24(20)8-10-29(16-24)9-3-13-31-23-27-26-22(28(23)2)18-6-11-30-12-7-18/h4-5,14,18,20H,3,6-13,15-16H2,1-2H3/t20-,24+/m0/s1. The first-order valence-electron chi connectivity index (χ1n) is 11.6. The second-order valence-electron chi connectivity index (χ2n) is 9.66. The zero-order chi connectivity index (χ0) is 21.4. The number of halogens is 1. The lowest BCUT2D eigenvalue weighted by Gasteiger charge is -2.21. The van der Waals surface area contributed by atoms with E-state index in [0.717, 1.165) is 86.4 Å². The molecule has 0 radical (unpaired) electrons. The number of aryl methyl sites for hydroxylation is 1. The molecule has 3 aliphatic rings. The Morgan fingerprint density at radius 2 is 2.10 bits per heavy atom. The second kappa shape index (κ2) is 8.83. The van der Waals surface area contributed by atoms with Crippen molar-refractivity contribution in [2.75, 3.05) is 38.6 Å². The molecule has 2 aromatic rings. The molecule has 2 saturated heterocycles. The highest BCUT2D eigenvalue weighted by molar-refractivity contribution is 7.99. The van der Waals surface area contributed by atoms with Crippen molar-refractivity contribution in [3.63, 3.8) is 0 Å². The van der Waals surface area contributed by atoms with Crippen LogP contribution in [0.25, 0.3) is 0 Å². The summed E-state index contributed by atoms with van der Waals surface area (Å²) in [5, 5.41) is 9.93. The van der Waals surface area contributed by atoms with Gasteiger partial charge in [0.2, 0.25) is 0 Å². The van der Waals surface area contributed by atoms with Gasteiger partial charge in [-0.25, -0.2) is 4.39 Å². The third kappa shape index (κ3) is 4.41. The smallest absolute Gasteiger partial charge is 0.190 e. The first-order valence-corrected chi connectivity index (χ1v) is 12.6. The van der Waals surface area contributed by atoms with Crippen molar-refractivity contribution in [3.8, 4) is 0 Å². The van der Waals surface area contributed by atoms with Gasteiger partial charge in [-0.1, -0.05) is 23.9 Å². The molecular formula is C24H33FN4OS. The summed E-state index contributed by atoms with van der Waals surface area (Å²) in [6.45, 7) is 6.99. The molecule has 7 heteroatoms. The molecule has 3 fully saturated rings. The molecule has 3 heterocycles. The molecule has 5 rings (SSSR count). The summed E-state index contributed by atoms with van der Waals surface area (Å²) in [5.41, 5.74) is 2.26.